The molecule has 0 aliphatic carbocycles. The molecule has 1 aliphatic rings. The van der Waals surface area contributed by atoms with E-state index in [4.69, 9.17) is 32.7 Å². The van der Waals surface area contributed by atoms with Crippen LogP contribution in [0.1, 0.15) is 34.8 Å². The van der Waals surface area contributed by atoms with Crippen molar-refractivity contribution >= 4 is 41.0 Å². The third kappa shape index (κ3) is 3.55. The first kappa shape index (κ1) is 17.5. The van der Waals surface area contributed by atoms with Gasteiger partial charge in [-0.25, -0.2) is 0 Å². The Morgan fingerprint density at radius 2 is 1.96 bits per heavy atom. The number of ketones is 1. The topological polar surface area (TPSA) is 52.6 Å². The Labute approximate surface area is 155 Å². The summed E-state index contributed by atoms with van der Waals surface area (Å²) in [6.45, 7) is 3.48. The van der Waals surface area contributed by atoms with E-state index in [1.807, 2.05) is 0 Å². The van der Waals surface area contributed by atoms with Crippen molar-refractivity contribution in [1.29, 1.82) is 0 Å². The maximum absolute atomic E-state index is 12.6. The second kappa shape index (κ2) is 6.90. The number of fused-ring (bicyclic) bond motifs is 1. The van der Waals surface area contributed by atoms with Crippen molar-refractivity contribution in [1.82, 2.24) is 0 Å². The number of halogens is 2. The standard InChI is InChI=1S/C19H14Cl2O4/c1-3-17(22)24-12-6-10(2)18-15(9-12)25-16(19(18)23)8-11-4-5-13(20)14(21)7-11/h4-9H,3H2,1-2H3/b16-8-. The van der Waals surface area contributed by atoms with Crippen LogP contribution < -0.4 is 9.47 Å². The molecule has 25 heavy (non-hydrogen) atoms. The second-order valence-corrected chi connectivity index (χ2v) is 6.37. The monoisotopic (exact) mass is 376 g/mol. The van der Waals surface area contributed by atoms with Crippen LogP contribution in [0.5, 0.6) is 11.5 Å². The van der Waals surface area contributed by atoms with Crippen LogP contribution >= 0.6 is 23.2 Å². The number of allylic oxidation sites excluding steroid dienone is 1. The molecule has 0 amide bonds. The molecule has 0 radical (unpaired) electrons. The first-order valence-electron chi connectivity index (χ1n) is 7.63. The van der Waals surface area contributed by atoms with Crippen LogP contribution in [0.3, 0.4) is 0 Å². The van der Waals surface area contributed by atoms with Gasteiger partial charge in [0.05, 0.1) is 15.6 Å². The summed E-state index contributed by atoms with van der Waals surface area (Å²) in [5.74, 6) is 0.319. The van der Waals surface area contributed by atoms with Crippen LogP contribution in [-0.2, 0) is 4.79 Å². The molecule has 2 aromatic carbocycles. The molecule has 128 valence electrons. The summed E-state index contributed by atoms with van der Waals surface area (Å²) in [7, 11) is 0. The van der Waals surface area contributed by atoms with E-state index in [2.05, 4.69) is 0 Å². The molecule has 3 rings (SSSR count). The van der Waals surface area contributed by atoms with Crippen LogP contribution in [-0.4, -0.2) is 11.8 Å². The highest BCUT2D eigenvalue weighted by atomic mass is 35.5. The molecule has 0 bridgehead atoms. The van der Waals surface area contributed by atoms with E-state index in [-0.39, 0.29) is 23.9 Å². The first-order valence-corrected chi connectivity index (χ1v) is 8.39. The Morgan fingerprint density at radius 3 is 2.64 bits per heavy atom. The summed E-state index contributed by atoms with van der Waals surface area (Å²) in [6.07, 6.45) is 1.86. The average Bonchev–Trinajstić information content (AvgIpc) is 2.87. The third-order valence-corrected chi connectivity index (χ3v) is 4.44. The number of benzene rings is 2. The Balaban J connectivity index is 1.94. The molecule has 1 heterocycles. The van der Waals surface area contributed by atoms with Crippen LogP contribution in [0.4, 0.5) is 0 Å². The van der Waals surface area contributed by atoms with Gasteiger partial charge in [-0.05, 0) is 42.3 Å². The minimum Gasteiger partial charge on any atom is -0.452 e. The predicted molar refractivity (Wildman–Crippen MR) is 96.5 cm³/mol. The molecule has 6 heteroatoms. The van der Waals surface area contributed by atoms with Gasteiger partial charge in [-0.2, -0.15) is 0 Å². The van der Waals surface area contributed by atoms with Gasteiger partial charge in [-0.15, -0.1) is 0 Å². The Bertz CT molecular complexity index is 916. The number of Topliss-reactive ketones (excluding diaryl/α,β-unsaturated/α-hetero) is 1. The molecule has 1 aliphatic heterocycles. The lowest BCUT2D eigenvalue weighted by atomic mass is 10.0. The van der Waals surface area contributed by atoms with Crippen LogP contribution in [0, 0.1) is 6.92 Å². The summed E-state index contributed by atoms with van der Waals surface area (Å²) in [5, 5.41) is 0.827. The predicted octanol–water partition coefficient (Wildman–Crippen LogP) is 5.23. The van der Waals surface area contributed by atoms with E-state index in [0.29, 0.717) is 38.2 Å². The zero-order valence-corrected chi connectivity index (χ0v) is 15.1. The van der Waals surface area contributed by atoms with Gasteiger partial charge < -0.3 is 9.47 Å². The maximum atomic E-state index is 12.6. The molecule has 0 N–H and O–H groups in total. The van der Waals surface area contributed by atoms with Gasteiger partial charge in [0, 0.05) is 12.5 Å². The molecule has 0 unspecified atom stereocenters. The smallest absolute Gasteiger partial charge is 0.310 e. The number of aryl methyl sites for hydroxylation is 1. The van der Waals surface area contributed by atoms with Gasteiger partial charge >= 0.3 is 5.97 Å². The van der Waals surface area contributed by atoms with Gasteiger partial charge in [0.1, 0.15) is 11.5 Å². The van der Waals surface area contributed by atoms with Crippen molar-refractivity contribution in [2.75, 3.05) is 0 Å². The van der Waals surface area contributed by atoms with E-state index in [1.54, 1.807) is 50.3 Å². The Hall–Kier alpha value is -2.30. The maximum Gasteiger partial charge on any atom is 0.310 e. The number of ether oxygens (including phenoxy) is 2. The van der Waals surface area contributed by atoms with Gasteiger partial charge in [0.15, 0.2) is 5.76 Å². The van der Waals surface area contributed by atoms with Crippen LogP contribution in [0.2, 0.25) is 10.0 Å². The van der Waals surface area contributed by atoms with Gasteiger partial charge in [0.25, 0.3) is 0 Å². The fourth-order valence-electron chi connectivity index (χ4n) is 2.49. The van der Waals surface area contributed by atoms with E-state index >= 15 is 0 Å². The van der Waals surface area contributed by atoms with E-state index in [0.717, 1.165) is 0 Å². The SMILES string of the molecule is CCC(=O)Oc1cc(C)c2c(c1)O/C(=C\c1ccc(Cl)c(Cl)c1)C2=O. The summed E-state index contributed by atoms with van der Waals surface area (Å²) < 4.78 is 10.9. The van der Waals surface area contributed by atoms with Crippen LogP contribution in [0.25, 0.3) is 6.08 Å². The molecular weight excluding hydrogens is 363 g/mol. The molecule has 0 saturated carbocycles. The molecule has 0 spiro atoms. The zero-order valence-electron chi connectivity index (χ0n) is 13.6. The van der Waals surface area contributed by atoms with E-state index in [9.17, 15) is 9.59 Å². The minimum atomic E-state index is -0.352. The lowest BCUT2D eigenvalue weighted by Gasteiger charge is -2.06. The molecule has 0 fully saturated rings. The van der Waals surface area contributed by atoms with Crippen molar-refractivity contribution in [2.24, 2.45) is 0 Å². The lowest BCUT2D eigenvalue weighted by Crippen LogP contribution is -2.06. The first-order chi connectivity index (χ1) is 11.9. The molecular formula is C19H14Cl2O4. The highest BCUT2D eigenvalue weighted by Gasteiger charge is 2.30. The molecule has 0 saturated heterocycles. The number of hydrogen-bond donors (Lipinski definition) is 0. The third-order valence-electron chi connectivity index (χ3n) is 3.71. The minimum absolute atomic E-state index is 0.176. The quantitative estimate of drug-likeness (QED) is 0.417. The number of esters is 1. The number of rotatable bonds is 3. The van der Waals surface area contributed by atoms with Crippen molar-refractivity contribution in [3.63, 3.8) is 0 Å². The summed E-state index contributed by atoms with van der Waals surface area (Å²) in [6, 6.07) is 8.23. The highest BCUT2D eigenvalue weighted by Crippen LogP contribution is 2.38. The fraction of sp³-hybridized carbons (Fsp3) is 0.158. The molecule has 0 atom stereocenters. The highest BCUT2D eigenvalue weighted by molar-refractivity contribution is 6.42. The molecule has 2 aromatic rings. The zero-order chi connectivity index (χ0) is 18.1. The van der Waals surface area contributed by atoms with Gasteiger partial charge in [-0.3, -0.25) is 9.59 Å². The average molecular weight is 377 g/mol. The van der Waals surface area contributed by atoms with Crippen molar-refractivity contribution < 1.29 is 19.1 Å². The van der Waals surface area contributed by atoms with Crippen molar-refractivity contribution in [3.05, 3.63) is 62.8 Å². The van der Waals surface area contributed by atoms with Crippen molar-refractivity contribution in [3.8, 4) is 11.5 Å². The molecule has 0 aromatic heterocycles. The van der Waals surface area contributed by atoms with Crippen LogP contribution in [0.15, 0.2) is 36.1 Å². The van der Waals surface area contributed by atoms with Gasteiger partial charge in [0.2, 0.25) is 5.78 Å². The van der Waals surface area contributed by atoms with E-state index in [1.165, 1.54) is 0 Å². The second-order valence-electron chi connectivity index (χ2n) is 5.55. The fourth-order valence-corrected chi connectivity index (χ4v) is 2.80. The normalized spacial score (nSPS) is 14.4. The summed E-state index contributed by atoms with van der Waals surface area (Å²) >= 11 is 11.9. The number of hydrogen-bond acceptors (Lipinski definition) is 4. The lowest BCUT2D eigenvalue weighted by molar-refractivity contribution is -0.134. The largest absolute Gasteiger partial charge is 0.452 e. The summed E-state index contributed by atoms with van der Waals surface area (Å²) in [4.78, 5) is 24.1. The summed E-state index contributed by atoms with van der Waals surface area (Å²) in [5.41, 5.74) is 1.84. The number of carbonyl (C=O) groups is 2. The number of carbonyl (C=O) groups excluding carboxylic acids is 2. The van der Waals surface area contributed by atoms with Crippen molar-refractivity contribution in [2.45, 2.75) is 20.3 Å². The van der Waals surface area contributed by atoms with E-state index < -0.39 is 0 Å². The Kier molecular flexibility index (Phi) is 4.84. The van der Waals surface area contributed by atoms with Gasteiger partial charge in [-0.1, -0.05) is 36.2 Å². The Morgan fingerprint density at radius 1 is 1.20 bits per heavy atom. The molecule has 4 nitrogen and oxygen atoms in total.